The topological polar surface area (TPSA) is 24.5 Å². The van der Waals surface area contributed by atoms with Crippen LogP contribution in [0.2, 0.25) is 10.0 Å². The first-order valence-corrected chi connectivity index (χ1v) is 5.96. The van der Waals surface area contributed by atoms with Crippen molar-refractivity contribution in [2.75, 3.05) is 38.2 Å². The third-order valence-electron chi connectivity index (χ3n) is 2.65. The third-order valence-corrected chi connectivity index (χ3v) is 3.15. The van der Waals surface area contributed by atoms with E-state index in [1.54, 1.807) is 13.2 Å². The number of rotatable bonds is 2. The monoisotopic (exact) mass is 260 g/mol. The molecule has 0 aromatic heterocycles. The molecule has 0 atom stereocenters. The maximum Gasteiger partial charge on any atom is 0.160 e. The summed E-state index contributed by atoms with van der Waals surface area (Å²) >= 11 is 12.1. The number of nitrogens with zero attached hydrogens (tertiary/aromatic N) is 1. The first-order valence-electron chi connectivity index (χ1n) is 5.21. The molecule has 1 heterocycles. The number of benzene rings is 1. The molecule has 3 nitrogen and oxygen atoms in total. The highest BCUT2D eigenvalue weighted by Gasteiger charge is 2.17. The molecule has 0 bridgehead atoms. The largest absolute Gasteiger partial charge is 0.493 e. The van der Waals surface area contributed by atoms with Gasteiger partial charge in [0.2, 0.25) is 0 Å². The van der Waals surface area contributed by atoms with Crippen LogP contribution >= 0.6 is 23.2 Å². The first kappa shape index (κ1) is 11.8. The van der Waals surface area contributed by atoms with E-state index in [4.69, 9.17) is 27.9 Å². The van der Waals surface area contributed by atoms with E-state index in [2.05, 4.69) is 10.2 Å². The zero-order chi connectivity index (χ0) is 11.5. The van der Waals surface area contributed by atoms with Gasteiger partial charge in [-0.2, -0.15) is 0 Å². The molecule has 0 saturated carbocycles. The van der Waals surface area contributed by atoms with Crippen molar-refractivity contribution in [1.82, 2.24) is 5.32 Å². The molecule has 1 fully saturated rings. The SMILES string of the molecule is COc1c(Cl)cc(Cl)cc1N1CCNCC1. The quantitative estimate of drug-likeness (QED) is 0.884. The van der Waals surface area contributed by atoms with Crippen molar-refractivity contribution in [3.05, 3.63) is 22.2 Å². The first-order chi connectivity index (χ1) is 7.72. The van der Waals surface area contributed by atoms with Gasteiger partial charge in [-0.05, 0) is 12.1 Å². The normalized spacial score (nSPS) is 16.3. The summed E-state index contributed by atoms with van der Waals surface area (Å²) in [7, 11) is 1.63. The average molecular weight is 261 g/mol. The van der Waals surface area contributed by atoms with Crippen molar-refractivity contribution in [1.29, 1.82) is 0 Å². The maximum absolute atomic E-state index is 6.10. The van der Waals surface area contributed by atoms with Crippen LogP contribution in [0.25, 0.3) is 0 Å². The van der Waals surface area contributed by atoms with Gasteiger partial charge in [0.15, 0.2) is 5.75 Å². The Morgan fingerprint density at radius 3 is 2.56 bits per heavy atom. The molecule has 0 aliphatic carbocycles. The summed E-state index contributed by atoms with van der Waals surface area (Å²) in [5.74, 6) is 0.702. The van der Waals surface area contributed by atoms with Crippen molar-refractivity contribution < 1.29 is 4.74 Å². The summed E-state index contributed by atoms with van der Waals surface area (Å²) in [6.07, 6.45) is 0. The number of halogens is 2. The predicted molar refractivity (Wildman–Crippen MR) is 68.1 cm³/mol. The fourth-order valence-corrected chi connectivity index (χ4v) is 2.45. The Hall–Kier alpha value is -0.640. The standard InChI is InChI=1S/C11H14Cl2N2O/c1-16-11-9(13)6-8(12)7-10(11)15-4-2-14-3-5-15/h6-7,14H,2-5H2,1H3. The van der Waals surface area contributed by atoms with E-state index >= 15 is 0 Å². The second kappa shape index (κ2) is 5.13. The summed E-state index contributed by atoms with van der Waals surface area (Å²) in [6, 6.07) is 3.60. The van der Waals surface area contributed by atoms with Crippen molar-refractivity contribution >= 4 is 28.9 Å². The highest BCUT2D eigenvalue weighted by Crippen LogP contribution is 2.38. The number of hydrogen-bond acceptors (Lipinski definition) is 3. The van der Waals surface area contributed by atoms with Crippen LogP contribution in [0.1, 0.15) is 0 Å². The van der Waals surface area contributed by atoms with E-state index in [9.17, 15) is 0 Å². The Balaban J connectivity index is 2.36. The van der Waals surface area contributed by atoms with Crippen LogP contribution in [0.5, 0.6) is 5.75 Å². The fraction of sp³-hybridized carbons (Fsp3) is 0.455. The number of anilines is 1. The van der Waals surface area contributed by atoms with E-state index in [-0.39, 0.29) is 0 Å². The minimum Gasteiger partial charge on any atom is -0.493 e. The lowest BCUT2D eigenvalue weighted by molar-refractivity contribution is 0.413. The van der Waals surface area contributed by atoms with E-state index in [0.717, 1.165) is 31.9 Å². The lowest BCUT2D eigenvalue weighted by Crippen LogP contribution is -2.43. The molecule has 1 aromatic rings. The third kappa shape index (κ3) is 2.37. The van der Waals surface area contributed by atoms with Crippen molar-refractivity contribution in [2.45, 2.75) is 0 Å². The van der Waals surface area contributed by atoms with Gasteiger partial charge in [-0.25, -0.2) is 0 Å². The average Bonchev–Trinajstić information content (AvgIpc) is 2.29. The van der Waals surface area contributed by atoms with Crippen molar-refractivity contribution in [2.24, 2.45) is 0 Å². The molecule has 1 saturated heterocycles. The summed E-state index contributed by atoms with van der Waals surface area (Å²) in [4.78, 5) is 2.23. The zero-order valence-electron chi connectivity index (χ0n) is 9.09. The van der Waals surface area contributed by atoms with Gasteiger partial charge in [0, 0.05) is 31.2 Å². The van der Waals surface area contributed by atoms with Crippen LogP contribution in [0.3, 0.4) is 0 Å². The van der Waals surface area contributed by atoms with Crippen LogP contribution in [-0.4, -0.2) is 33.3 Å². The fourth-order valence-electron chi connectivity index (χ4n) is 1.89. The number of ether oxygens (including phenoxy) is 1. The number of methoxy groups -OCH3 is 1. The molecule has 1 aliphatic rings. The van der Waals surface area contributed by atoms with Gasteiger partial charge < -0.3 is 15.0 Å². The van der Waals surface area contributed by atoms with Crippen LogP contribution in [0.4, 0.5) is 5.69 Å². The van der Waals surface area contributed by atoms with Gasteiger partial charge in [-0.1, -0.05) is 23.2 Å². The zero-order valence-corrected chi connectivity index (χ0v) is 10.6. The number of hydrogen-bond donors (Lipinski definition) is 1. The lowest BCUT2D eigenvalue weighted by atomic mass is 10.2. The lowest BCUT2D eigenvalue weighted by Gasteiger charge is -2.31. The maximum atomic E-state index is 6.10. The molecule has 1 N–H and O–H groups in total. The second-order valence-electron chi connectivity index (χ2n) is 3.68. The minimum atomic E-state index is 0.559. The molecule has 0 amide bonds. The Kier molecular flexibility index (Phi) is 3.79. The molecule has 16 heavy (non-hydrogen) atoms. The van der Waals surface area contributed by atoms with Crippen LogP contribution in [-0.2, 0) is 0 Å². The molecule has 0 spiro atoms. The molecule has 0 unspecified atom stereocenters. The van der Waals surface area contributed by atoms with Crippen molar-refractivity contribution in [3.63, 3.8) is 0 Å². The second-order valence-corrected chi connectivity index (χ2v) is 4.52. The molecular weight excluding hydrogens is 247 g/mol. The summed E-state index contributed by atoms with van der Waals surface area (Å²) < 4.78 is 5.33. The van der Waals surface area contributed by atoms with Gasteiger partial charge in [0.25, 0.3) is 0 Å². The number of piperazine rings is 1. The molecule has 0 radical (unpaired) electrons. The minimum absolute atomic E-state index is 0.559. The molecule has 5 heteroatoms. The Labute approximate surface area is 105 Å². The Bertz CT molecular complexity index is 378. The highest BCUT2D eigenvalue weighted by atomic mass is 35.5. The smallest absolute Gasteiger partial charge is 0.160 e. The van der Waals surface area contributed by atoms with Gasteiger partial charge in [0.05, 0.1) is 17.8 Å². The Morgan fingerprint density at radius 1 is 1.25 bits per heavy atom. The highest BCUT2D eigenvalue weighted by molar-refractivity contribution is 6.36. The van der Waals surface area contributed by atoms with Gasteiger partial charge in [-0.15, -0.1) is 0 Å². The summed E-state index contributed by atoms with van der Waals surface area (Å²) in [5.41, 5.74) is 0.974. The summed E-state index contributed by atoms with van der Waals surface area (Å²) in [6.45, 7) is 3.81. The van der Waals surface area contributed by atoms with Crippen molar-refractivity contribution in [3.8, 4) is 5.75 Å². The van der Waals surface area contributed by atoms with E-state index in [0.29, 0.717) is 15.8 Å². The van der Waals surface area contributed by atoms with E-state index in [1.165, 1.54) is 0 Å². The van der Waals surface area contributed by atoms with Gasteiger partial charge in [-0.3, -0.25) is 0 Å². The van der Waals surface area contributed by atoms with Gasteiger partial charge >= 0.3 is 0 Å². The molecule has 2 rings (SSSR count). The van der Waals surface area contributed by atoms with Crippen LogP contribution in [0.15, 0.2) is 12.1 Å². The number of nitrogens with one attached hydrogen (secondary N) is 1. The van der Waals surface area contributed by atoms with Crippen LogP contribution in [0, 0.1) is 0 Å². The molecule has 1 aliphatic heterocycles. The predicted octanol–water partition coefficient (Wildman–Crippen LogP) is 2.41. The molecule has 88 valence electrons. The van der Waals surface area contributed by atoms with E-state index in [1.807, 2.05) is 6.07 Å². The Morgan fingerprint density at radius 2 is 1.94 bits per heavy atom. The molecule has 1 aromatic carbocycles. The molecular formula is C11H14Cl2N2O. The van der Waals surface area contributed by atoms with E-state index < -0.39 is 0 Å². The van der Waals surface area contributed by atoms with Gasteiger partial charge in [0.1, 0.15) is 0 Å². The van der Waals surface area contributed by atoms with Crippen LogP contribution < -0.4 is 15.0 Å². The summed E-state index contributed by atoms with van der Waals surface area (Å²) in [5, 5.41) is 4.50.